The van der Waals surface area contributed by atoms with Crippen molar-refractivity contribution in [1.29, 1.82) is 0 Å². The van der Waals surface area contributed by atoms with Crippen LogP contribution < -0.4 is 11.1 Å². The number of carboxylic acids is 1. The van der Waals surface area contributed by atoms with E-state index in [1.807, 2.05) is 30.3 Å². The van der Waals surface area contributed by atoms with Gasteiger partial charge in [-0.15, -0.1) is 0 Å². The number of nitrogens with one attached hydrogen (secondary N) is 1. The largest absolute Gasteiger partial charge is 0.481 e. The Morgan fingerprint density at radius 1 is 0.962 bits per heavy atom. The second-order valence-electron chi connectivity index (χ2n) is 5.55. The standard InChI is InChI=1S/C20H18N2O4/c21-19(25)17(12-13-18(23)24)22-20(26)16-10-8-15(9-11-16)7-6-14-4-2-1-3-5-14/h1-5,8-11,17H,12-13H2,(H2,21,25)(H,22,26)(H,23,24)/t17-/m0/s1. The lowest BCUT2D eigenvalue weighted by Crippen LogP contribution is -2.44. The summed E-state index contributed by atoms with van der Waals surface area (Å²) in [4.78, 5) is 34.1. The number of carboxylic acid groups (broad SMARTS) is 1. The first kappa shape index (κ1) is 18.7. The Kier molecular flexibility index (Phi) is 6.52. The maximum Gasteiger partial charge on any atom is 0.303 e. The third kappa shape index (κ3) is 5.80. The molecule has 132 valence electrons. The molecule has 0 spiro atoms. The van der Waals surface area contributed by atoms with Crippen LogP contribution in [0.5, 0.6) is 0 Å². The van der Waals surface area contributed by atoms with Gasteiger partial charge < -0.3 is 16.2 Å². The van der Waals surface area contributed by atoms with Gasteiger partial charge in [0.2, 0.25) is 5.91 Å². The van der Waals surface area contributed by atoms with E-state index in [9.17, 15) is 14.4 Å². The monoisotopic (exact) mass is 350 g/mol. The summed E-state index contributed by atoms with van der Waals surface area (Å²) < 4.78 is 0. The third-order valence-electron chi connectivity index (χ3n) is 3.57. The van der Waals surface area contributed by atoms with Gasteiger partial charge in [-0.2, -0.15) is 0 Å². The topological polar surface area (TPSA) is 109 Å². The van der Waals surface area contributed by atoms with Gasteiger partial charge in [-0.25, -0.2) is 0 Å². The first-order valence-electron chi connectivity index (χ1n) is 7.95. The number of aliphatic carboxylic acids is 1. The summed E-state index contributed by atoms with van der Waals surface area (Å²) >= 11 is 0. The van der Waals surface area contributed by atoms with E-state index in [2.05, 4.69) is 17.2 Å². The lowest BCUT2D eigenvalue weighted by molar-refractivity contribution is -0.137. The van der Waals surface area contributed by atoms with Crippen molar-refractivity contribution in [3.63, 3.8) is 0 Å². The molecule has 0 radical (unpaired) electrons. The zero-order valence-electron chi connectivity index (χ0n) is 13.9. The van der Waals surface area contributed by atoms with Crippen LogP contribution in [0.3, 0.4) is 0 Å². The summed E-state index contributed by atoms with van der Waals surface area (Å²) in [5, 5.41) is 11.1. The van der Waals surface area contributed by atoms with Crippen molar-refractivity contribution in [1.82, 2.24) is 5.32 Å². The molecule has 0 heterocycles. The lowest BCUT2D eigenvalue weighted by atomic mass is 10.1. The molecule has 26 heavy (non-hydrogen) atoms. The fourth-order valence-corrected chi connectivity index (χ4v) is 2.17. The highest BCUT2D eigenvalue weighted by Gasteiger charge is 2.19. The first-order valence-corrected chi connectivity index (χ1v) is 7.95. The quantitative estimate of drug-likeness (QED) is 0.686. The van der Waals surface area contributed by atoms with Gasteiger partial charge in [-0.1, -0.05) is 30.0 Å². The molecule has 0 aliphatic heterocycles. The van der Waals surface area contributed by atoms with E-state index in [0.29, 0.717) is 5.56 Å². The molecule has 0 aromatic heterocycles. The van der Waals surface area contributed by atoms with Crippen LogP contribution in [0, 0.1) is 11.8 Å². The molecule has 1 atom stereocenters. The van der Waals surface area contributed by atoms with Crippen molar-refractivity contribution < 1.29 is 19.5 Å². The molecule has 6 nitrogen and oxygen atoms in total. The van der Waals surface area contributed by atoms with E-state index in [-0.39, 0.29) is 12.8 Å². The van der Waals surface area contributed by atoms with Gasteiger partial charge in [0.05, 0.1) is 0 Å². The summed E-state index contributed by atoms with van der Waals surface area (Å²) in [5.41, 5.74) is 7.16. The van der Waals surface area contributed by atoms with E-state index in [1.165, 1.54) is 0 Å². The smallest absolute Gasteiger partial charge is 0.303 e. The summed E-state index contributed by atoms with van der Waals surface area (Å²) in [6.45, 7) is 0. The molecule has 2 aromatic rings. The Morgan fingerprint density at radius 2 is 1.54 bits per heavy atom. The minimum atomic E-state index is -1.06. The number of rotatable bonds is 6. The van der Waals surface area contributed by atoms with Crippen LogP contribution in [0.2, 0.25) is 0 Å². The van der Waals surface area contributed by atoms with Crippen LogP contribution >= 0.6 is 0 Å². The zero-order valence-corrected chi connectivity index (χ0v) is 13.9. The molecule has 0 saturated carbocycles. The summed E-state index contributed by atoms with van der Waals surface area (Å²) in [6, 6.07) is 15.0. The van der Waals surface area contributed by atoms with Crippen LogP contribution in [0.25, 0.3) is 0 Å². The molecule has 0 aliphatic rings. The van der Waals surface area contributed by atoms with Gasteiger partial charge in [0, 0.05) is 23.1 Å². The third-order valence-corrected chi connectivity index (χ3v) is 3.57. The van der Waals surface area contributed by atoms with E-state index in [0.717, 1.165) is 11.1 Å². The number of nitrogens with two attached hydrogens (primary N) is 1. The summed E-state index contributed by atoms with van der Waals surface area (Å²) in [5.74, 6) is 3.68. The predicted octanol–water partition coefficient (Wildman–Crippen LogP) is 1.53. The minimum absolute atomic E-state index is 0.0585. The second-order valence-corrected chi connectivity index (χ2v) is 5.55. The van der Waals surface area contributed by atoms with Crippen LogP contribution in [0.4, 0.5) is 0 Å². The van der Waals surface area contributed by atoms with Crippen LogP contribution in [-0.2, 0) is 9.59 Å². The van der Waals surface area contributed by atoms with Crippen molar-refractivity contribution in [3.05, 3.63) is 71.3 Å². The molecule has 0 bridgehead atoms. The van der Waals surface area contributed by atoms with Gasteiger partial charge in [0.25, 0.3) is 5.91 Å². The van der Waals surface area contributed by atoms with Gasteiger partial charge in [-0.3, -0.25) is 14.4 Å². The maximum atomic E-state index is 12.2. The van der Waals surface area contributed by atoms with Gasteiger partial charge in [0.1, 0.15) is 6.04 Å². The molecule has 0 fully saturated rings. The van der Waals surface area contributed by atoms with Crippen molar-refractivity contribution >= 4 is 17.8 Å². The van der Waals surface area contributed by atoms with Crippen LogP contribution in [0.15, 0.2) is 54.6 Å². The maximum absolute atomic E-state index is 12.2. The van der Waals surface area contributed by atoms with E-state index >= 15 is 0 Å². The zero-order chi connectivity index (χ0) is 18.9. The van der Waals surface area contributed by atoms with Crippen molar-refractivity contribution in [2.45, 2.75) is 18.9 Å². The molecule has 4 N–H and O–H groups in total. The van der Waals surface area contributed by atoms with Crippen LogP contribution in [-0.4, -0.2) is 28.9 Å². The molecule has 2 amide bonds. The lowest BCUT2D eigenvalue weighted by Gasteiger charge is -2.14. The number of hydrogen-bond donors (Lipinski definition) is 3. The van der Waals surface area contributed by atoms with Gasteiger partial charge >= 0.3 is 5.97 Å². The Bertz CT molecular complexity index is 849. The average Bonchev–Trinajstić information content (AvgIpc) is 2.64. The highest BCUT2D eigenvalue weighted by Crippen LogP contribution is 2.06. The first-order chi connectivity index (χ1) is 12.5. The number of primary amides is 1. The number of amides is 2. The molecule has 0 unspecified atom stereocenters. The van der Waals surface area contributed by atoms with Crippen molar-refractivity contribution in [2.24, 2.45) is 5.73 Å². The summed E-state index contributed by atoms with van der Waals surface area (Å²) in [6.07, 6.45) is -0.320. The van der Waals surface area contributed by atoms with E-state index in [4.69, 9.17) is 10.8 Å². The molecule has 6 heteroatoms. The Hall–Kier alpha value is -3.59. The second kappa shape index (κ2) is 9.04. The Labute approximate surface area is 151 Å². The number of hydrogen-bond acceptors (Lipinski definition) is 3. The summed E-state index contributed by atoms with van der Waals surface area (Å²) in [7, 11) is 0. The fourth-order valence-electron chi connectivity index (χ4n) is 2.17. The molecular weight excluding hydrogens is 332 g/mol. The van der Waals surface area contributed by atoms with Gasteiger partial charge in [-0.05, 0) is 42.8 Å². The minimum Gasteiger partial charge on any atom is -0.481 e. The normalized spacial score (nSPS) is 10.9. The van der Waals surface area contributed by atoms with Crippen molar-refractivity contribution in [3.8, 4) is 11.8 Å². The molecule has 0 saturated heterocycles. The average molecular weight is 350 g/mol. The molecule has 2 aromatic carbocycles. The fraction of sp³-hybridized carbons (Fsp3) is 0.150. The van der Waals surface area contributed by atoms with E-state index in [1.54, 1.807) is 24.3 Å². The Morgan fingerprint density at radius 3 is 2.08 bits per heavy atom. The number of carbonyl (C=O) groups is 3. The van der Waals surface area contributed by atoms with Crippen molar-refractivity contribution in [2.75, 3.05) is 0 Å². The Balaban J connectivity index is 2.02. The highest BCUT2D eigenvalue weighted by molar-refractivity contribution is 5.97. The molecular formula is C20H18N2O4. The molecule has 0 aliphatic carbocycles. The molecule has 2 rings (SSSR count). The predicted molar refractivity (Wildman–Crippen MR) is 96.2 cm³/mol. The highest BCUT2D eigenvalue weighted by atomic mass is 16.4. The van der Waals surface area contributed by atoms with Gasteiger partial charge in [0.15, 0.2) is 0 Å². The van der Waals surface area contributed by atoms with E-state index < -0.39 is 23.8 Å². The number of carbonyl (C=O) groups excluding carboxylic acids is 2. The SMILES string of the molecule is NC(=O)[C@H](CCC(=O)O)NC(=O)c1ccc(C#Cc2ccccc2)cc1. The van der Waals surface area contributed by atoms with Crippen LogP contribution in [0.1, 0.15) is 34.3 Å². The number of benzene rings is 2.